The van der Waals surface area contributed by atoms with Crippen molar-refractivity contribution < 1.29 is 4.79 Å². The third-order valence-electron chi connectivity index (χ3n) is 3.92. The molecule has 0 fully saturated rings. The number of nitrogens with zero attached hydrogens (tertiary/aromatic N) is 4. The van der Waals surface area contributed by atoms with Crippen LogP contribution in [0.1, 0.15) is 23.7 Å². The van der Waals surface area contributed by atoms with Crippen molar-refractivity contribution in [1.29, 1.82) is 0 Å². The summed E-state index contributed by atoms with van der Waals surface area (Å²) in [7, 11) is 0. The van der Waals surface area contributed by atoms with Gasteiger partial charge in [-0.15, -0.1) is 0 Å². The van der Waals surface area contributed by atoms with Crippen LogP contribution in [-0.4, -0.2) is 45.0 Å². The first-order valence-electron chi connectivity index (χ1n) is 8.67. The number of benzene rings is 1. The van der Waals surface area contributed by atoms with Crippen molar-refractivity contribution in [2.75, 3.05) is 24.7 Å². The van der Waals surface area contributed by atoms with Crippen LogP contribution in [0.4, 0.5) is 5.82 Å². The first kappa shape index (κ1) is 19.4. The summed E-state index contributed by atoms with van der Waals surface area (Å²) in [5.41, 5.74) is 1.33. The topological polar surface area (TPSA) is 84.7 Å². The van der Waals surface area contributed by atoms with Crippen molar-refractivity contribution in [3.05, 3.63) is 41.0 Å². The van der Waals surface area contributed by atoms with E-state index in [0.29, 0.717) is 28.8 Å². The first-order valence-corrected chi connectivity index (χ1v) is 10.3. The molecule has 27 heavy (non-hydrogen) atoms. The summed E-state index contributed by atoms with van der Waals surface area (Å²) < 4.78 is 1.79. The van der Waals surface area contributed by atoms with Gasteiger partial charge in [-0.05, 0) is 36.9 Å². The number of carbonyl (C=O) groups excluding carboxylic acids is 1. The highest BCUT2D eigenvalue weighted by atomic mass is 35.5. The van der Waals surface area contributed by atoms with Crippen LogP contribution in [-0.2, 0) is 6.54 Å². The molecule has 0 bridgehead atoms. The second kappa shape index (κ2) is 9.05. The highest BCUT2D eigenvalue weighted by Gasteiger charge is 2.13. The second-order valence-corrected chi connectivity index (χ2v) is 7.06. The lowest BCUT2D eigenvalue weighted by Gasteiger charge is -2.09. The fourth-order valence-corrected chi connectivity index (χ4v) is 3.03. The van der Waals surface area contributed by atoms with E-state index < -0.39 is 0 Å². The van der Waals surface area contributed by atoms with E-state index in [9.17, 15) is 4.79 Å². The van der Waals surface area contributed by atoms with Gasteiger partial charge in [0.2, 0.25) is 0 Å². The molecule has 3 aromatic rings. The largest absolute Gasteiger partial charge is 0.369 e. The number of anilines is 1. The molecule has 1 aromatic carbocycles. The zero-order valence-electron chi connectivity index (χ0n) is 15.2. The predicted octanol–water partition coefficient (Wildman–Crippen LogP) is 3.45. The summed E-state index contributed by atoms with van der Waals surface area (Å²) in [6, 6.07) is 6.79. The Hall–Kier alpha value is -2.32. The minimum absolute atomic E-state index is 0.146. The molecular weight excluding hydrogens is 384 g/mol. The van der Waals surface area contributed by atoms with Gasteiger partial charge >= 0.3 is 0 Å². The zero-order chi connectivity index (χ0) is 19.2. The van der Waals surface area contributed by atoms with Gasteiger partial charge in [-0.3, -0.25) is 4.79 Å². The van der Waals surface area contributed by atoms with E-state index in [1.165, 1.54) is 11.8 Å². The molecule has 0 aliphatic carbocycles. The summed E-state index contributed by atoms with van der Waals surface area (Å²) in [5, 5.41) is 12.8. The molecule has 1 amide bonds. The Morgan fingerprint density at radius 1 is 1.22 bits per heavy atom. The van der Waals surface area contributed by atoms with Gasteiger partial charge in [0.05, 0.1) is 18.1 Å². The lowest BCUT2D eigenvalue weighted by molar-refractivity contribution is 0.0952. The fourth-order valence-electron chi connectivity index (χ4n) is 2.55. The van der Waals surface area contributed by atoms with Crippen LogP contribution in [0.25, 0.3) is 11.0 Å². The van der Waals surface area contributed by atoms with Crippen LogP contribution in [0.5, 0.6) is 0 Å². The van der Waals surface area contributed by atoms with Crippen LogP contribution in [0.15, 0.2) is 35.6 Å². The maximum absolute atomic E-state index is 12.2. The Labute approximate surface area is 166 Å². The van der Waals surface area contributed by atoms with Crippen LogP contribution in [0, 0.1) is 0 Å². The van der Waals surface area contributed by atoms with Crippen LogP contribution >= 0.6 is 23.4 Å². The van der Waals surface area contributed by atoms with E-state index in [0.717, 1.165) is 29.8 Å². The van der Waals surface area contributed by atoms with Gasteiger partial charge in [0.15, 0.2) is 10.8 Å². The van der Waals surface area contributed by atoms with Gasteiger partial charge in [0, 0.05) is 23.7 Å². The summed E-state index contributed by atoms with van der Waals surface area (Å²) in [4.78, 5) is 21.3. The number of nitrogens with one attached hydrogen (secondary N) is 2. The minimum Gasteiger partial charge on any atom is -0.369 e. The van der Waals surface area contributed by atoms with E-state index in [4.69, 9.17) is 11.6 Å². The third kappa shape index (κ3) is 4.70. The number of fused-ring (bicyclic) bond motifs is 1. The second-order valence-electron chi connectivity index (χ2n) is 5.85. The van der Waals surface area contributed by atoms with Crippen molar-refractivity contribution in [1.82, 2.24) is 25.1 Å². The molecule has 0 saturated carbocycles. The fraction of sp³-hybridized carbons (Fsp3) is 0.333. The van der Waals surface area contributed by atoms with Crippen molar-refractivity contribution >= 4 is 46.1 Å². The molecule has 9 heteroatoms. The Morgan fingerprint density at radius 2 is 2.00 bits per heavy atom. The third-order valence-corrected chi connectivity index (χ3v) is 4.72. The number of amides is 1. The maximum Gasteiger partial charge on any atom is 0.251 e. The number of aromatic nitrogens is 4. The highest BCUT2D eigenvalue weighted by molar-refractivity contribution is 7.98. The quantitative estimate of drug-likeness (QED) is 0.442. The molecular formula is C18H21ClN6OS. The van der Waals surface area contributed by atoms with Gasteiger partial charge in [0.1, 0.15) is 5.82 Å². The summed E-state index contributed by atoms with van der Waals surface area (Å²) in [5.74, 6) is 0.649. The Bertz CT molecular complexity index is 927. The molecule has 0 aliphatic rings. The van der Waals surface area contributed by atoms with Crippen LogP contribution < -0.4 is 10.6 Å². The van der Waals surface area contributed by atoms with Crippen LogP contribution in [0.3, 0.4) is 0 Å². The van der Waals surface area contributed by atoms with E-state index in [2.05, 4.69) is 32.6 Å². The number of hydrogen-bond donors (Lipinski definition) is 2. The molecule has 3 rings (SSSR count). The standard InChI is InChI=1S/C18H21ClN6OS/c1-3-8-20-15-14-11-22-25(16(14)24-18(23-15)27-2)10-9-21-17(26)12-4-6-13(19)7-5-12/h4-7,11H,3,8-10H2,1-2H3,(H,21,26)(H,20,23,24). The molecule has 142 valence electrons. The first-order chi connectivity index (χ1) is 13.1. The van der Waals surface area contributed by atoms with Crippen molar-refractivity contribution in [3.8, 4) is 0 Å². The molecule has 0 unspecified atom stereocenters. The normalized spacial score (nSPS) is 10.9. The van der Waals surface area contributed by atoms with Gasteiger partial charge < -0.3 is 10.6 Å². The highest BCUT2D eigenvalue weighted by Crippen LogP contribution is 2.23. The van der Waals surface area contributed by atoms with Gasteiger partial charge in [-0.2, -0.15) is 5.10 Å². The van der Waals surface area contributed by atoms with E-state index in [1.807, 2.05) is 6.26 Å². The number of halogens is 1. The monoisotopic (exact) mass is 404 g/mol. The Balaban J connectivity index is 1.71. The number of carbonyl (C=O) groups is 1. The molecule has 0 saturated heterocycles. The predicted molar refractivity (Wildman–Crippen MR) is 110 cm³/mol. The molecule has 7 nitrogen and oxygen atoms in total. The zero-order valence-corrected chi connectivity index (χ0v) is 16.8. The average Bonchev–Trinajstić information content (AvgIpc) is 3.09. The molecule has 2 heterocycles. The molecule has 0 atom stereocenters. The smallest absolute Gasteiger partial charge is 0.251 e. The lowest BCUT2D eigenvalue weighted by Crippen LogP contribution is -2.27. The SMILES string of the molecule is CCCNc1nc(SC)nc2c1cnn2CCNC(=O)c1ccc(Cl)cc1. The Kier molecular flexibility index (Phi) is 6.52. The van der Waals surface area contributed by atoms with Crippen molar-refractivity contribution in [2.45, 2.75) is 25.0 Å². The minimum atomic E-state index is -0.146. The van der Waals surface area contributed by atoms with Gasteiger partial charge in [-0.25, -0.2) is 14.6 Å². The maximum atomic E-state index is 12.2. The molecule has 0 radical (unpaired) electrons. The average molecular weight is 405 g/mol. The van der Waals surface area contributed by atoms with E-state index in [1.54, 1.807) is 35.1 Å². The number of rotatable bonds is 8. The lowest BCUT2D eigenvalue weighted by atomic mass is 10.2. The molecule has 0 aliphatic heterocycles. The molecule has 2 N–H and O–H groups in total. The molecule has 2 aromatic heterocycles. The van der Waals surface area contributed by atoms with E-state index >= 15 is 0 Å². The van der Waals surface area contributed by atoms with Crippen molar-refractivity contribution in [2.24, 2.45) is 0 Å². The summed E-state index contributed by atoms with van der Waals surface area (Å²) in [6.07, 6.45) is 4.71. The molecule has 0 spiro atoms. The van der Waals surface area contributed by atoms with Gasteiger partial charge in [0.25, 0.3) is 5.91 Å². The summed E-state index contributed by atoms with van der Waals surface area (Å²) >= 11 is 7.34. The number of thioether (sulfide) groups is 1. The van der Waals surface area contributed by atoms with Gasteiger partial charge in [-0.1, -0.05) is 30.3 Å². The van der Waals surface area contributed by atoms with E-state index in [-0.39, 0.29) is 5.91 Å². The van der Waals surface area contributed by atoms with Crippen LogP contribution in [0.2, 0.25) is 5.02 Å². The summed E-state index contributed by atoms with van der Waals surface area (Å²) in [6.45, 7) is 3.89. The van der Waals surface area contributed by atoms with Crippen molar-refractivity contribution in [3.63, 3.8) is 0 Å². The Morgan fingerprint density at radius 3 is 2.70 bits per heavy atom. The number of hydrogen-bond acceptors (Lipinski definition) is 6.